The summed E-state index contributed by atoms with van der Waals surface area (Å²) in [5, 5.41) is 11.2. The largest absolute Gasteiger partial charge is 0.480 e. The Balaban J connectivity index is 2.74. The van der Waals surface area contributed by atoms with Gasteiger partial charge in [-0.1, -0.05) is 12.1 Å². The molecule has 1 unspecified atom stereocenters. The van der Waals surface area contributed by atoms with Gasteiger partial charge in [0.05, 0.1) is 0 Å². The highest BCUT2D eigenvalue weighted by atomic mass is 19.1. The first-order valence-electron chi connectivity index (χ1n) is 6.59. The summed E-state index contributed by atoms with van der Waals surface area (Å²) in [6, 6.07) is 3.45. The minimum atomic E-state index is -1.45. The van der Waals surface area contributed by atoms with Crippen LogP contribution in [-0.4, -0.2) is 34.6 Å². The standard InChI is InChI=1S/C15H18FNO5/c1-15(2,3)22-14(21)17-11(13(19)20)8-12(18)9-5-4-6-10(16)7-9/h4-7,11H,8H2,1-3H3,(H,17,21)(H,19,20). The van der Waals surface area contributed by atoms with E-state index in [1.807, 2.05) is 0 Å². The molecule has 0 aliphatic rings. The third-order valence-corrected chi connectivity index (χ3v) is 2.53. The van der Waals surface area contributed by atoms with Crippen molar-refractivity contribution >= 4 is 17.8 Å². The zero-order valence-electron chi connectivity index (χ0n) is 12.6. The molecule has 0 spiro atoms. The quantitative estimate of drug-likeness (QED) is 0.814. The molecule has 7 heteroatoms. The number of alkyl carbamates (subject to hydrolysis) is 1. The van der Waals surface area contributed by atoms with Crippen LogP contribution in [0.2, 0.25) is 0 Å². The second-order valence-electron chi connectivity index (χ2n) is 5.67. The van der Waals surface area contributed by atoms with Crippen molar-refractivity contribution in [1.29, 1.82) is 0 Å². The fraction of sp³-hybridized carbons (Fsp3) is 0.400. The van der Waals surface area contributed by atoms with Gasteiger partial charge in [0.2, 0.25) is 0 Å². The highest BCUT2D eigenvalue weighted by molar-refractivity contribution is 5.99. The molecule has 6 nitrogen and oxygen atoms in total. The van der Waals surface area contributed by atoms with Crippen LogP contribution in [0.1, 0.15) is 37.6 Å². The second-order valence-corrected chi connectivity index (χ2v) is 5.67. The van der Waals surface area contributed by atoms with Crippen molar-refractivity contribution in [2.24, 2.45) is 0 Å². The summed E-state index contributed by atoms with van der Waals surface area (Å²) in [5.41, 5.74) is -0.753. The predicted molar refractivity (Wildman–Crippen MR) is 76.1 cm³/mol. The summed E-state index contributed by atoms with van der Waals surface area (Å²) >= 11 is 0. The fourth-order valence-electron chi connectivity index (χ4n) is 1.62. The van der Waals surface area contributed by atoms with Gasteiger partial charge in [-0.2, -0.15) is 0 Å². The fourth-order valence-corrected chi connectivity index (χ4v) is 1.62. The third-order valence-electron chi connectivity index (χ3n) is 2.53. The summed E-state index contributed by atoms with van der Waals surface area (Å²) < 4.78 is 18.0. The smallest absolute Gasteiger partial charge is 0.408 e. The molecule has 22 heavy (non-hydrogen) atoms. The zero-order chi connectivity index (χ0) is 16.9. The molecule has 0 saturated carbocycles. The Labute approximate surface area is 127 Å². The Bertz CT molecular complexity index is 580. The number of carboxylic acids is 1. The van der Waals surface area contributed by atoms with E-state index >= 15 is 0 Å². The Morgan fingerprint density at radius 1 is 1.32 bits per heavy atom. The number of hydrogen-bond acceptors (Lipinski definition) is 4. The highest BCUT2D eigenvalue weighted by Gasteiger charge is 2.26. The number of ether oxygens (including phenoxy) is 1. The molecule has 0 radical (unpaired) electrons. The van der Waals surface area contributed by atoms with Gasteiger partial charge in [0.25, 0.3) is 0 Å². The lowest BCUT2D eigenvalue weighted by molar-refractivity contribution is -0.139. The predicted octanol–water partition coefficient (Wildman–Crippen LogP) is 2.38. The van der Waals surface area contributed by atoms with Gasteiger partial charge in [0.15, 0.2) is 5.78 Å². The number of rotatable bonds is 5. The van der Waals surface area contributed by atoms with Crippen LogP contribution in [0.5, 0.6) is 0 Å². The number of benzene rings is 1. The van der Waals surface area contributed by atoms with Gasteiger partial charge in [-0.15, -0.1) is 0 Å². The van der Waals surface area contributed by atoms with Crippen LogP contribution in [-0.2, 0) is 9.53 Å². The van der Waals surface area contributed by atoms with Gasteiger partial charge in [0.1, 0.15) is 17.5 Å². The van der Waals surface area contributed by atoms with Crippen molar-refractivity contribution in [3.8, 4) is 0 Å². The third kappa shape index (κ3) is 5.90. The normalized spacial score (nSPS) is 12.4. The van der Waals surface area contributed by atoms with Crippen LogP contribution in [0.4, 0.5) is 9.18 Å². The summed E-state index contributed by atoms with van der Waals surface area (Å²) in [4.78, 5) is 34.7. The first-order valence-corrected chi connectivity index (χ1v) is 6.59. The van der Waals surface area contributed by atoms with Crippen molar-refractivity contribution < 1.29 is 28.6 Å². The van der Waals surface area contributed by atoms with Crippen LogP contribution in [0.25, 0.3) is 0 Å². The monoisotopic (exact) mass is 311 g/mol. The second kappa shape index (κ2) is 7.02. The maximum absolute atomic E-state index is 13.1. The summed E-state index contributed by atoms with van der Waals surface area (Å²) in [5.74, 6) is -2.57. The molecule has 0 heterocycles. The first kappa shape index (κ1) is 17.6. The molecule has 120 valence electrons. The Morgan fingerprint density at radius 2 is 1.95 bits per heavy atom. The SMILES string of the molecule is CC(C)(C)OC(=O)NC(CC(=O)c1cccc(F)c1)C(=O)O. The molecule has 0 aliphatic heterocycles. The van der Waals surface area contributed by atoms with Crippen LogP contribution in [0.15, 0.2) is 24.3 Å². The van der Waals surface area contributed by atoms with E-state index in [1.54, 1.807) is 20.8 Å². The molecular formula is C15H18FNO5. The molecule has 1 amide bonds. The highest BCUT2D eigenvalue weighted by Crippen LogP contribution is 2.10. The average Bonchev–Trinajstić information content (AvgIpc) is 2.35. The topological polar surface area (TPSA) is 92.7 Å². The lowest BCUT2D eigenvalue weighted by Crippen LogP contribution is -2.44. The molecule has 0 saturated heterocycles. The molecular weight excluding hydrogens is 293 g/mol. The lowest BCUT2D eigenvalue weighted by Gasteiger charge is -2.21. The molecule has 1 atom stereocenters. The number of carbonyl (C=O) groups is 3. The van der Waals surface area contributed by atoms with Crippen molar-refractivity contribution in [2.45, 2.75) is 38.8 Å². The molecule has 1 aromatic carbocycles. The number of aliphatic carboxylic acids is 1. The van der Waals surface area contributed by atoms with Crippen molar-refractivity contribution in [3.63, 3.8) is 0 Å². The number of halogens is 1. The zero-order valence-corrected chi connectivity index (χ0v) is 12.6. The Morgan fingerprint density at radius 3 is 2.45 bits per heavy atom. The van der Waals surface area contributed by atoms with Crippen molar-refractivity contribution in [3.05, 3.63) is 35.6 Å². The van der Waals surface area contributed by atoms with E-state index in [4.69, 9.17) is 9.84 Å². The number of carbonyl (C=O) groups excluding carboxylic acids is 2. The van der Waals surface area contributed by atoms with E-state index in [0.717, 1.165) is 6.07 Å². The van der Waals surface area contributed by atoms with Crippen LogP contribution in [0, 0.1) is 5.82 Å². The van der Waals surface area contributed by atoms with E-state index in [9.17, 15) is 18.8 Å². The van der Waals surface area contributed by atoms with E-state index in [0.29, 0.717) is 0 Å². The molecule has 1 rings (SSSR count). The average molecular weight is 311 g/mol. The molecule has 0 bridgehead atoms. The summed E-state index contributed by atoms with van der Waals surface area (Å²) in [6.45, 7) is 4.88. The minimum absolute atomic E-state index is 0.0391. The maximum Gasteiger partial charge on any atom is 0.408 e. The number of Topliss-reactive ketones (excluding diaryl/α,β-unsaturated/α-hetero) is 1. The van der Waals surface area contributed by atoms with Gasteiger partial charge < -0.3 is 15.2 Å². The van der Waals surface area contributed by atoms with Crippen LogP contribution in [0.3, 0.4) is 0 Å². The number of nitrogens with one attached hydrogen (secondary N) is 1. The Kier molecular flexibility index (Phi) is 5.62. The van der Waals surface area contributed by atoms with Gasteiger partial charge in [-0.05, 0) is 32.9 Å². The molecule has 2 N–H and O–H groups in total. The van der Waals surface area contributed by atoms with Crippen LogP contribution < -0.4 is 5.32 Å². The first-order chi connectivity index (χ1) is 10.1. The molecule has 0 aromatic heterocycles. The molecule has 1 aromatic rings. The molecule has 0 aliphatic carbocycles. The van der Waals surface area contributed by atoms with E-state index < -0.39 is 41.7 Å². The van der Waals surface area contributed by atoms with Gasteiger partial charge in [0, 0.05) is 12.0 Å². The van der Waals surface area contributed by atoms with E-state index in [-0.39, 0.29) is 5.56 Å². The van der Waals surface area contributed by atoms with E-state index in [2.05, 4.69) is 5.32 Å². The number of ketones is 1. The lowest BCUT2D eigenvalue weighted by atomic mass is 10.0. The number of hydrogen-bond donors (Lipinski definition) is 2. The van der Waals surface area contributed by atoms with E-state index in [1.165, 1.54) is 18.2 Å². The minimum Gasteiger partial charge on any atom is -0.480 e. The maximum atomic E-state index is 13.1. The van der Waals surface area contributed by atoms with Gasteiger partial charge in [-0.3, -0.25) is 4.79 Å². The summed E-state index contributed by atoms with van der Waals surface area (Å²) in [7, 11) is 0. The number of amides is 1. The van der Waals surface area contributed by atoms with Crippen LogP contribution >= 0.6 is 0 Å². The Hall–Kier alpha value is -2.44. The number of carboxylic acid groups (broad SMARTS) is 1. The molecule has 0 fully saturated rings. The van der Waals surface area contributed by atoms with Crippen molar-refractivity contribution in [1.82, 2.24) is 5.32 Å². The van der Waals surface area contributed by atoms with Gasteiger partial charge >= 0.3 is 12.1 Å². The van der Waals surface area contributed by atoms with Crippen molar-refractivity contribution in [2.75, 3.05) is 0 Å². The summed E-state index contributed by atoms with van der Waals surface area (Å²) in [6.07, 6.45) is -1.44. The van der Waals surface area contributed by atoms with Gasteiger partial charge in [-0.25, -0.2) is 14.0 Å².